The van der Waals surface area contributed by atoms with E-state index in [-0.39, 0.29) is 17.3 Å². The molecule has 0 bridgehead atoms. The van der Waals surface area contributed by atoms with Crippen LogP contribution in [-0.2, 0) is 11.2 Å². The summed E-state index contributed by atoms with van der Waals surface area (Å²) in [5, 5.41) is 9.47. The van der Waals surface area contributed by atoms with Gasteiger partial charge >= 0.3 is 5.97 Å². The van der Waals surface area contributed by atoms with Gasteiger partial charge in [-0.2, -0.15) is 0 Å². The predicted octanol–water partition coefficient (Wildman–Crippen LogP) is 3.77. The summed E-state index contributed by atoms with van der Waals surface area (Å²) in [5.74, 6) is -0.792. The lowest BCUT2D eigenvalue weighted by atomic mass is 9.63. The minimum atomic E-state index is -0.651. The molecule has 1 aliphatic rings. The van der Waals surface area contributed by atoms with Crippen molar-refractivity contribution < 1.29 is 9.90 Å². The molecule has 2 atom stereocenters. The maximum Gasteiger partial charge on any atom is 0.307 e. The summed E-state index contributed by atoms with van der Waals surface area (Å²) >= 11 is 0. The molecule has 0 amide bonds. The number of hydrogen-bond acceptors (Lipinski definition) is 1. The molecule has 0 heterocycles. The van der Waals surface area contributed by atoms with Crippen LogP contribution in [0.25, 0.3) is 0 Å². The van der Waals surface area contributed by atoms with Crippen molar-refractivity contribution in [1.29, 1.82) is 0 Å². The Labute approximate surface area is 109 Å². The van der Waals surface area contributed by atoms with Crippen LogP contribution in [0.15, 0.2) is 18.2 Å². The Balaban J connectivity index is 2.56. The molecule has 2 nitrogen and oxygen atoms in total. The summed E-state index contributed by atoms with van der Waals surface area (Å²) in [7, 11) is 0. The van der Waals surface area contributed by atoms with Crippen LogP contribution in [0.1, 0.15) is 49.8 Å². The van der Waals surface area contributed by atoms with Crippen LogP contribution in [0.4, 0.5) is 0 Å². The molecule has 1 N–H and O–H groups in total. The molecule has 18 heavy (non-hydrogen) atoms. The summed E-state index contributed by atoms with van der Waals surface area (Å²) in [5.41, 5.74) is 3.90. The van der Waals surface area contributed by atoms with Gasteiger partial charge in [0.15, 0.2) is 0 Å². The first-order chi connectivity index (χ1) is 8.32. The first-order valence-corrected chi connectivity index (χ1v) is 6.63. The van der Waals surface area contributed by atoms with Crippen molar-refractivity contribution in [2.75, 3.05) is 0 Å². The zero-order chi connectivity index (χ0) is 13.5. The van der Waals surface area contributed by atoms with Gasteiger partial charge in [0.1, 0.15) is 0 Å². The zero-order valence-corrected chi connectivity index (χ0v) is 11.7. The lowest BCUT2D eigenvalue weighted by molar-refractivity contribution is -0.144. The van der Waals surface area contributed by atoms with Crippen LogP contribution < -0.4 is 0 Å². The number of carboxylic acid groups (broad SMARTS) is 1. The molecule has 0 aromatic heterocycles. The summed E-state index contributed by atoms with van der Waals surface area (Å²) < 4.78 is 0. The van der Waals surface area contributed by atoms with Crippen LogP contribution >= 0.6 is 0 Å². The molecule has 2 unspecified atom stereocenters. The molecular weight excluding hydrogens is 224 g/mol. The molecule has 1 aromatic rings. The second-order valence-electron chi connectivity index (χ2n) is 6.47. The Bertz CT molecular complexity index is 468. The first-order valence-electron chi connectivity index (χ1n) is 6.63. The number of carboxylic acids is 1. The number of benzene rings is 1. The van der Waals surface area contributed by atoms with Crippen molar-refractivity contribution in [1.82, 2.24) is 0 Å². The van der Waals surface area contributed by atoms with Crippen molar-refractivity contribution in [3.63, 3.8) is 0 Å². The minimum absolute atomic E-state index is 0.0218. The predicted molar refractivity (Wildman–Crippen MR) is 72.8 cm³/mol. The number of aryl methyl sites for hydroxylation is 1. The second kappa shape index (κ2) is 4.42. The Morgan fingerprint density at radius 2 is 2.00 bits per heavy atom. The van der Waals surface area contributed by atoms with E-state index in [1.807, 2.05) is 0 Å². The largest absolute Gasteiger partial charge is 0.481 e. The van der Waals surface area contributed by atoms with Gasteiger partial charge in [0, 0.05) is 5.92 Å². The van der Waals surface area contributed by atoms with Crippen LogP contribution in [0, 0.1) is 18.3 Å². The molecule has 0 saturated carbocycles. The van der Waals surface area contributed by atoms with E-state index >= 15 is 0 Å². The second-order valence-corrected chi connectivity index (χ2v) is 6.47. The van der Waals surface area contributed by atoms with Crippen molar-refractivity contribution in [2.24, 2.45) is 11.3 Å². The molecule has 0 aliphatic heterocycles. The van der Waals surface area contributed by atoms with Gasteiger partial charge in [-0.25, -0.2) is 0 Å². The fraction of sp³-hybridized carbons (Fsp3) is 0.562. The van der Waals surface area contributed by atoms with Crippen LogP contribution in [-0.4, -0.2) is 11.1 Å². The molecule has 2 rings (SSSR count). The molecular formula is C16H22O2. The Hall–Kier alpha value is -1.31. The van der Waals surface area contributed by atoms with Crippen molar-refractivity contribution >= 4 is 5.97 Å². The van der Waals surface area contributed by atoms with E-state index in [4.69, 9.17) is 0 Å². The highest BCUT2D eigenvalue weighted by Crippen LogP contribution is 2.47. The van der Waals surface area contributed by atoms with E-state index in [2.05, 4.69) is 45.9 Å². The van der Waals surface area contributed by atoms with E-state index in [9.17, 15) is 9.90 Å². The normalized spacial score (nSPS) is 23.6. The molecule has 2 heteroatoms. The van der Waals surface area contributed by atoms with Crippen LogP contribution in [0.5, 0.6) is 0 Å². The van der Waals surface area contributed by atoms with Crippen molar-refractivity contribution in [2.45, 2.75) is 46.5 Å². The number of rotatable bonds is 1. The maximum atomic E-state index is 11.5. The lowest BCUT2D eigenvalue weighted by Gasteiger charge is -2.40. The van der Waals surface area contributed by atoms with Gasteiger partial charge in [0.25, 0.3) is 0 Å². The Morgan fingerprint density at radius 3 is 2.56 bits per heavy atom. The standard InChI is InChI=1S/C16H22O2/c1-10-6-5-7-12-11(10)8-9-13(15(17)18)14(12)16(2,3)4/h5-7,13-14H,8-9H2,1-4H3,(H,17,18). The van der Waals surface area contributed by atoms with Gasteiger partial charge in [-0.1, -0.05) is 39.0 Å². The minimum Gasteiger partial charge on any atom is -0.481 e. The topological polar surface area (TPSA) is 37.3 Å². The summed E-state index contributed by atoms with van der Waals surface area (Å²) in [4.78, 5) is 11.5. The first kappa shape index (κ1) is 13.1. The molecule has 1 aliphatic carbocycles. The van der Waals surface area contributed by atoms with Gasteiger partial charge in [0.05, 0.1) is 5.92 Å². The van der Waals surface area contributed by atoms with E-state index in [0.717, 1.165) is 12.8 Å². The third kappa shape index (κ3) is 2.16. The monoisotopic (exact) mass is 246 g/mol. The molecule has 0 radical (unpaired) electrons. The van der Waals surface area contributed by atoms with Gasteiger partial charge in [-0.05, 0) is 41.9 Å². The smallest absolute Gasteiger partial charge is 0.307 e. The van der Waals surface area contributed by atoms with E-state index < -0.39 is 5.97 Å². The molecule has 98 valence electrons. The van der Waals surface area contributed by atoms with Crippen LogP contribution in [0.2, 0.25) is 0 Å². The molecule has 0 saturated heterocycles. The average molecular weight is 246 g/mol. The Morgan fingerprint density at radius 1 is 1.33 bits per heavy atom. The fourth-order valence-electron chi connectivity index (χ4n) is 3.38. The summed E-state index contributed by atoms with van der Waals surface area (Å²) in [6, 6.07) is 6.30. The highest BCUT2D eigenvalue weighted by Gasteiger charge is 2.41. The van der Waals surface area contributed by atoms with Gasteiger partial charge in [0.2, 0.25) is 0 Å². The maximum absolute atomic E-state index is 11.5. The Kier molecular flexibility index (Phi) is 3.22. The number of carbonyl (C=O) groups is 1. The number of hydrogen-bond donors (Lipinski definition) is 1. The van der Waals surface area contributed by atoms with E-state index in [0.29, 0.717) is 0 Å². The highest BCUT2D eigenvalue weighted by atomic mass is 16.4. The van der Waals surface area contributed by atoms with E-state index in [1.165, 1.54) is 16.7 Å². The van der Waals surface area contributed by atoms with Crippen LogP contribution in [0.3, 0.4) is 0 Å². The summed E-state index contributed by atoms with van der Waals surface area (Å²) in [6.45, 7) is 8.56. The van der Waals surface area contributed by atoms with Gasteiger partial charge in [-0.3, -0.25) is 4.79 Å². The number of aliphatic carboxylic acids is 1. The average Bonchev–Trinajstić information content (AvgIpc) is 2.26. The highest BCUT2D eigenvalue weighted by molar-refractivity contribution is 5.72. The summed E-state index contributed by atoms with van der Waals surface area (Å²) in [6.07, 6.45) is 1.65. The van der Waals surface area contributed by atoms with Gasteiger partial charge in [-0.15, -0.1) is 0 Å². The van der Waals surface area contributed by atoms with Gasteiger partial charge < -0.3 is 5.11 Å². The lowest BCUT2D eigenvalue weighted by Crippen LogP contribution is -2.35. The third-order valence-corrected chi connectivity index (χ3v) is 4.14. The quantitative estimate of drug-likeness (QED) is 0.819. The number of fused-ring (bicyclic) bond motifs is 1. The third-order valence-electron chi connectivity index (χ3n) is 4.14. The fourth-order valence-corrected chi connectivity index (χ4v) is 3.38. The van der Waals surface area contributed by atoms with E-state index in [1.54, 1.807) is 0 Å². The van der Waals surface area contributed by atoms with Crippen molar-refractivity contribution in [3.05, 3.63) is 34.9 Å². The van der Waals surface area contributed by atoms with Crippen molar-refractivity contribution in [3.8, 4) is 0 Å². The molecule has 0 spiro atoms. The zero-order valence-electron chi connectivity index (χ0n) is 11.7. The SMILES string of the molecule is Cc1cccc2c1CCC(C(=O)O)C2C(C)(C)C. The molecule has 1 aromatic carbocycles. The molecule has 0 fully saturated rings.